The summed E-state index contributed by atoms with van der Waals surface area (Å²) in [6.45, 7) is 0.842. The molecule has 1 amide bonds. The second-order valence-corrected chi connectivity index (χ2v) is 11.3. The molecule has 4 aromatic carbocycles. The van der Waals surface area contributed by atoms with Crippen molar-refractivity contribution in [2.24, 2.45) is 0 Å². The van der Waals surface area contributed by atoms with Gasteiger partial charge >= 0.3 is 0 Å². The zero-order valence-corrected chi connectivity index (χ0v) is 23.6. The molecule has 0 atom stereocenters. The van der Waals surface area contributed by atoms with E-state index < -0.39 is 0 Å². The Morgan fingerprint density at radius 1 is 0.833 bits per heavy atom. The number of carbonyl (C=O) groups excluding carboxylic acids is 1. The van der Waals surface area contributed by atoms with E-state index in [1.54, 1.807) is 17.8 Å². The first-order chi connectivity index (χ1) is 20.7. The fourth-order valence-corrected chi connectivity index (χ4v) is 6.73. The van der Waals surface area contributed by atoms with Crippen molar-refractivity contribution >= 4 is 38.7 Å². The predicted octanol–water partition coefficient (Wildman–Crippen LogP) is 7.53. The normalized spacial score (nSPS) is 15.9. The van der Waals surface area contributed by atoms with Crippen LogP contribution >= 0.6 is 0 Å². The number of fused-ring (bicyclic) bond motifs is 5. The van der Waals surface area contributed by atoms with E-state index in [0.29, 0.717) is 11.8 Å². The number of carbonyl (C=O) groups is 1. The molecule has 3 aliphatic rings. The fraction of sp³-hybridized carbons (Fsp3) is 0.216. The molecule has 5 heteroatoms. The van der Waals surface area contributed by atoms with Crippen molar-refractivity contribution in [1.82, 2.24) is 10.2 Å². The van der Waals surface area contributed by atoms with Crippen LogP contribution in [0, 0.1) is 0 Å². The van der Waals surface area contributed by atoms with Gasteiger partial charge in [-0.15, -0.1) is 0 Å². The van der Waals surface area contributed by atoms with E-state index in [9.17, 15) is 9.59 Å². The third-order valence-corrected chi connectivity index (χ3v) is 8.75. The molecular formula is C37H33N3O2. The van der Waals surface area contributed by atoms with Gasteiger partial charge in [-0.1, -0.05) is 78.4 Å². The van der Waals surface area contributed by atoms with Gasteiger partial charge in [0.1, 0.15) is 0 Å². The van der Waals surface area contributed by atoms with E-state index in [1.807, 2.05) is 23.1 Å². The molecule has 0 spiro atoms. The lowest BCUT2D eigenvalue weighted by Gasteiger charge is -2.26. The van der Waals surface area contributed by atoms with E-state index in [2.05, 4.69) is 76.9 Å². The van der Waals surface area contributed by atoms with Crippen LogP contribution in [-0.4, -0.2) is 22.6 Å². The Morgan fingerprint density at radius 3 is 2.60 bits per heavy atom. The van der Waals surface area contributed by atoms with Gasteiger partial charge in [-0.25, -0.2) is 5.10 Å². The van der Waals surface area contributed by atoms with Gasteiger partial charge in [0.25, 0.3) is 5.56 Å². The molecule has 1 saturated heterocycles. The predicted molar refractivity (Wildman–Crippen MR) is 171 cm³/mol. The first-order valence-corrected chi connectivity index (χ1v) is 14.9. The average molecular weight is 552 g/mol. The van der Waals surface area contributed by atoms with Crippen LogP contribution in [0.15, 0.2) is 108 Å². The third kappa shape index (κ3) is 4.96. The molecule has 0 unspecified atom stereocenters. The number of benzene rings is 4. The molecule has 1 fully saturated rings. The number of nitrogens with one attached hydrogen (secondary N) is 1. The summed E-state index contributed by atoms with van der Waals surface area (Å²) in [7, 11) is 0. The highest BCUT2D eigenvalue weighted by Crippen LogP contribution is 2.41. The Bertz CT molecular complexity index is 1940. The largest absolute Gasteiger partial charge is 0.312 e. The van der Waals surface area contributed by atoms with Gasteiger partial charge in [0.05, 0.1) is 6.20 Å². The summed E-state index contributed by atoms with van der Waals surface area (Å²) in [6.07, 6.45) is 13.6. The van der Waals surface area contributed by atoms with Crippen LogP contribution < -0.4 is 10.5 Å². The second-order valence-electron chi connectivity index (χ2n) is 11.3. The third-order valence-electron chi connectivity index (χ3n) is 8.75. The number of hydrogen-bond acceptors (Lipinski definition) is 3. The van der Waals surface area contributed by atoms with Crippen LogP contribution in [0.25, 0.3) is 27.1 Å². The molecule has 0 radical (unpaired) electrons. The smallest absolute Gasteiger partial charge is 0.272 e. The van der Waals surface area contributed by atoms with Crippen LogP contribution in [0.4, 0.5) is 5.69 Å². The minimum Gasteiger partial charge on any atom is -0.312 e. The van der Waals surface area contributed by atoms with Crippen molar-refractivity contribution < 1.29 is 4.79 Å². The number of H-pyrrole nitrogens is 1. The molecule has 208 valence electrons. The molecule has 0 bridgehead atoms. The quantitative estimate of drug-likeness (QED) is 0.252. The molecule has 8 rings (SSSR count). The minimum atomic E-state index is -0.136. The van der Waals surface area contributed by atoms with Crippen molar-refractivity contribution in [3.63, 3.8) is 0 Å². The van der Waals surface area contributed by atoms with Crippen molar-refractivity contribution in [3.8, 4) is 0 Å². The highest BCUT2D eigenvalue weighted by atomic mass is 16.2. The summed E-state index contributed by atoms with van der Waals surface area (Å²) in [5.41, 5.74) is 9.64. The highest BCUT2D eigenvalue weighted by Gasteiger charge is 2.23. The molecule has 0 saturated carbocycles. The zero-order valence-electron chi connectivity index (χ0n) is 23.6. The van der Waals surface area contributed by atoms with Crippen molar-refractivity contribution in [2.45, 2.75) is 44.9 Å². The monoisotopic (exact) mass is 551 g/mol. The van der Waals surface area contributed by atoms with E-state index in [4.69, 9.17) is 0 Å². The molecule has 1 N–H and O–H groups in total. The highest BCUT2D eigenvalue weighted by molar-refractivity contribution is 5.97. The van der Waals surface area contributed by atoms with Gasteiger partial charge in [-0.2, -0.15) is 5.10 Å². The number of rotatable bonds is 3. The Hall–Kier alpha value is -4.77. The summed E-state index contributed by atoms with van der Waals surface area (Å²) < 4.78 is 0. The average Bonchev–Trinajstić information content (AvgIpc) is 3.47. The fourth-order valence-electron chi connectivity index (χ4n) is 6.73. The lowest BCUT2D eigenvalue weighted by Crippen LogP contribution is -2.23. The van der Waals surface area contributed by atoms with Crippen molar-refractivity contribution in [2.75, 3.05) is 11.4 Å². The van der Waals surface area contributed by atoms with Crippen LogP contribution in [0.2, 0.25) is 0 Å². The number of amides is 1. The number of hydrogen-bond donors (Lipinski definition) is 1. The standard InChI is InChI=1S/C29H27NO.C8H6N2O/c31-28-12-5-17-30(28)24-10-3-6-20(19-24)18-23-9-4-8-22-14-15-26-25-11-2-1-7-21(25)13-16-27(26)29(22)23;11-8-7-4-2-1-3-6(7)5-9-10-8/h2-4,6,8-11,14-15,19H,1,5,7,12-13,16-18H2;1-5H,(H,10,11). The Labute approximate surface area is 245 Å². The summed E-state index contributed by atoms with van der Waals surface area (Å²) in [5, 5.41) is 10.4. The Balaban J connectivity index is 0.000000220. The maximum atomic E-state index is 12.2. The van der Waals surface area contributed by atoms with E-state index in [0.717, 1.165) is 36.9 Å². The van der Waals surface area contributed by atoms with Crippen molar-refractivity contribution in [3.05, 3.63) is 135 Å². The second kappa shape index (κ2) is 11.2. The minimum absolute atomic E-state index is 0.136. The maximum Gasteiger partial charge on any atom is 0.272 e. The summed E-state index contributed by atoms with van der Waals surface area (Å²) in [4.78, 5) is 25.2. The van der Waals surface area contributed by atoms with E-state index in [1.165, 1.54) is 57.9 Å². The Morgan fingerprint density at radius 2 is 1.71 bits per heavy atom. The SMILES string of the molecule is O=C1CCCN1c1cccc(Cc2cccc3ccc4c(c23)CCC2=C4C=CCC2)c1.O=c1[nH]ncc2ccccc12. The van der Waals surface area contributed by atoms with E-state index in [-0.39, 0.29) is 11.5 Å². The molecule has 1 aliphatic heterocycles. The van der Waals surface area contributed by atoms with Crippen LogP contribution in [0.1, 0.15) is 54.4 Å². The Kier molecular flexibility index (Phi) is 7.00. The van der Waals surface area contributed by atoms with Crippen LogP contribution in [-0.2, 0) is 17.6 Å². The molecule has 5 nitrogen and oxygen atoms in total. The lowest BCUT2D eigenvalue weighted by atomic mass is 9.78. The molecule has 2 heterocycles. The molecule has 2 aliphatic carbocycles. The number of aromatic amines is 1. The number of anilines is 1. The summed E-state index contributed by atoms with van der Waals surface area (Å²) in [6, 6.07) is 27.3. The van der Waals surface area contributed by atoms with Crippen molar-refractivity contribution in [1.29, 1.82) is 0 Å². The van der Waals surface area contributed by atoms with Gasteiger partial charge in [-0.3, -0.25) is 9.59 Å². The summed E-state index contributed by atoms with van der Waals surface area (Å²) in [5.74, 6) is 0.251. The van der Waals surface area contributed by atoms with Crippen LogP contribution in [0.5, 0.6) is 0 Å². The van der Waals surface area contributed by atoms with Crippen LogP contribution in [0.3, 0.4) is 0 Å². The molecule has 1 aromatic heterocycles. The number of aromatic nitrogens is 2. The van der Waals surface area contributed by atoms with Gasteiger partial charge in [0, 0.05) is 29.4 Å². The lowest BCUT2D eigenvalue weighted by molar-refractivity contribution is -0.117. The number of allylic oxidation sites excluding steroid dienone is 4. The maximum absolute atomic E-state index is 12.2. The van der Waals surface area contributed by atoms with Gasteiger partial charge in [0.15, 0.2) is 0 Å². The first kappa shape index (κ1) is 26.1. The van der Waals surface area contributed by atoms with Gasteiger partial charge in [-0.05, 0) is 95.3 Å². The topological polar surface area (TPSA) is 66.1 Å². The summed E-state index contributed by atoms with van der Waals surface area (Å²) >= 11 is 0. The first-order valence-electron chi connectivity index (χ1n) is 14.9. The van der Waals surface area contributed by atoms with E-state index >= 15 is 0 Å². The molecule has 5 aromatic rings. The molecule has 42 heavy (non-hydrogen) atoms. The van der Waals surface area contributed by atoms with Gasteiger partial charge < -0.3 is 4.90 Å². The number of nitrogens with zero attached hydrogens (tertiary/aromatic N) is 2. The number of aryl methyl sites for hydroxylation is 1. The zero-order chi connectivity index (χ0) is 28.5. The van der Waals surface area contributed by atoms with Gasteiger partial charge in [0.2, 0.25) is 5.91 Å². The molecular weight excluding hydrogens is 518 g/mol.